The molecule has 1 aliphatic rings. The van der Waals surface area contributed by atoms with E-state index in [2.05, 4.69) is 27.2 Å². The van der Waals surface area contributed by atoms with Crippen LogP contribution in [0, 0.1) is 0 Å². The Labute approximate surface area is 185 Å². The number of halogens is 1. The lowest BCUT2D eigenvalue weighted by atomic mass is 10.0. The van der Waals surface area contributed by atoms with Crippen molar-refractivity contribution in [1.82, 2.24) is 20.2 Å². The van der Waals surface area contributed by atoms with E-state index in [0.717, 1.165) is 23.1 Å². The number of carbonyl (C=O) groups is 2. The van der Waals surface area contributed by atoms with Crippen LogP contribution in [0.3, 0.4) is 0 Å². The summed E-state index contributed by atoms with van der Waals surface area (Å²) < 4.78 is 14.2. The Balaban J connectivity index is 1.52. The topological polar surface area (TPSA) is 87.2 Å². The molecule has 8 heteroatoms. The number of nitrogens with zero attached hydrogens (tertiary/aromatic N) is 3. The van der Waals surface area contributed by atoms with Crippen molar-refractivity contribution in [3.05, 3.63) is 67.1 Å². The summed E-state index contributed by atoms with van der Waals surface area (Å²) in [6.07, 6.45) is 2.24. The maximum Gasteiger partial charge on any atom is 0.289 e. The molecule has 3 aromatic rings. The smallest absolute Gasteiger partial charge is 0.289 e. The Morgan fingerprint density at radius 1 is 1.22 bits per heavy atom. The van der Waals surface area contributed by atoms with Gasteiger partial charge in [-0.15, -0.1) is 0 Å². The zero-order chi connectivity index (χ0) is 22.7. The van der Waals surface area contributed by atoms with Crippen molar-refractivity contribution in [2.24, 2.45) is 0 Å². The molecular weight excluding hydrogens is 409 g/mol. The number of fused-ring (bicyclic) bond motifs is 1. The van der Waals surface area contributed by atoms with Gasteiger partial charge in [-0.2, -0.15) is 0 Å². The maximum atomic E-state index is 14.2. The molecule has 2 N–H and O–H groups in total. The molecule has 0 saturated carbocycles. The largest absolute Gasteiger partial charge is 0.344 e. The normalized spacial score (nSPS) is 18.8. The van der Waals surface area contributed by atoms with E-state index in [-0.39, 0.29) is 11.7 Å². The standard InChI is InChI=1S/C24H24FN5O2/c1-3-22(31)27-18-6-4-5-15(12-18)16-7-8-20-17(11-16)13-26-23(28-20)24(32)29-21-9-10-30(2)14-19(21)25/h3-8,11-13,19,21H,1,9-10,14H2,2H3,(H,27,31)(H,29,32)/t19-,21+/m0/s1. The third-order valence-electron chi connectivity index (χ3n) is 5.49. The van der Waals surface area contributed by atoms with Crippen molar-refractivity contribution in [3.8, 4) is 11.1 Å². The van der Waals surface area contributed by atoms with Crippen LogP contribution in [0.2, 0.25) is 0 Å². The molecule has 0 bridgehead atoms. The van der Waals surface area contributed by atoms with Gasteiger partial charge in [0.2, 0.25) is 11.7 Å². The van der Waals surface area contributed by atoms with Gasteiger partial charge in [0.05, 0.1) is 11.6 Å². The monoisotopic (exact) mass is 433 g/mol. The number of piperidine rings is 1. The van der Waals surface area contributed by atoms with E-state index in [1.54, 1.807) is 12.3 Å². The maximum absolute atomic E-state index is 14.2. The van der Waals surface area contributed by atoms with E-state index in [4.69, 9.17) is 0 Å². The van der Waals surface area contributed by atoms with Crippen molar-refractivity contribution >= 4 is 28.4 Å². The third-order valence-corrected chi connectivity index (χ3v) is 5.49. The predicted octanol–water partition coefficient (Wildman–Crippen LogP) is 3.19. The summed E-state index contributed by atoms with van der Waals surface area (Å²) in [6, 6.07) is 12.5. The van der Waals surface area contributed by atoms with Crippen LogP contribution in [-0.2, 0) is 4.79 Å². The summed E-state index contributed by atoms with van der Waals surface area (Å²) >= 11 is 0. The first-order valence-electron chi connectivity index (χ1n) is 10.4. The number of nitrogens with one attached hydrogen (secondary N) is 2. The number of hydrogen-bond donors (Lipinski definition) is 2. The first-order valence-corrected chi connectivity index (χ1v) is 10.4. The molecule has 2 atom stereocenters. The number of hydrogen-bond acceptors (Lipinski definition) is 5. The van der Waals surface area contributed by atoms with Gasteiger partial charge in [0, 0.05) is 30.4 Å². The SMILES string of the molecule is C=CC(=O)Nc1cccc(-c2ccc3nc(C(=O)N[C@@H]4CCN(C)C[C@@H]4F)ncc3c2)c1. The Kier molecular flexibility index (Phi) is 6.23. The molecule has 32 heavy (non-hydrogen) atoms. The molecule has 7 nitrogen and oxygen atoms in total. The summed E-state index contributed by atoms with van der Waals surface area (Å²) in [5, 5.41) is 6.24. The molecule has 1 fully saturated rings. The van der Waals surface area contributed by atoms with Gasteiger partial charge in [-0.3, -0.25) is 9.59 Å². The van der Waals surface area contributed by atoms with Gasteiger partial charge in [0.25, 0.3) is 5.91 Å². The number of aromatic nitrogens is 2. The average Bonchev–Trinajstić information content (AvgIpc) is 2.80. The number of carbonyl (C=O) groups excluding carboxylic acids is 2. The van der Waals surface area contributed by atoms with Crippen LogP contribution in [0.4, 0.5) is 10.1 Å². The predicted molar refractivity (Wildman–Crippen MR) is 122 cm³/mol. The highest BCUT2D eigenvalue weighted by Crippen LogP contribution is 2.26. The number of likely N-dealkylation sites (tertiary alicyclic amines) is 1. The molecule has 0 radical (unpaired) electrons. The Bertz CT molecular complexity index is 1180. The molecule has 1 aromatic heterocycles. The number of anilines is 1. The van der Waals surface area contributed by atoms with Crippen LogP contribution in [0.5, 0.6) is 0 Å². The first-order chi connectivity index (χ1) is 15.4. The van der Waals surface area contributed by atoms with Gasteiger partial charge in [0.15, 0.2) is 0 Å². The summed E-state index contributed by atoms with van der Waals surface area (Å²) in [5.41, 5.74) is 3.10. The fraction of sp³-hybridized carbons (Fsp3) is 0.250. The second kappa shape index (κ2) is 9.23. The Morgan fingerprint density at radius 2 is 2.03 bits per heavy atom. The van der Waals surface area contributed by atoms with Crippen LogP contribution in [-0.4, -0.2) is 59.0 Å². The van der Waals surface area contributed by atoms with Gasteiger partial charge >= 0.3 is 0 Å². The molecule has 1 saturated heterocycles. The van der Waals surface area contributed by atoms with Gasteiger partial charge in [-0.1, -0.05) is 24.8 Å². The minimum absolute atomic E-state index is 0.0190. The number of benzene rings is 2. The van der Waals surface area contributed by atoms with Crippen molar-refractivity contribution in [1.29, 1.82) is 0 Å². The summed E-state index contributed by atoms with van der Waals surface area (Å²) in [5.74, 6) is -0.733. The molecule has 2 heterocycles. The molecular formula is C24H24FN5O2. The lowest BCUT2D eigenvalue weighted by molar-refractivity contribution is -0.111. The van der Waals surface area contributed by atoms with E-state index in [1.165, 1.54) is 6.08 Å². The second-order valence-corrected chi connectivity index (χ2v) is 7.89. The zero-order valence-corrected chi connectivity index (χ0v) is 17.7. The molecule has 0 aliphatic carbocycles. The summed E-state index contributed by atoms with van der Waals surface area (Å²) in [6.45, 7) is 4.48. The van der Waals surface area contributed by atoms with Crippen LogP contribution in [0.1, 0.15) is 17.0 Å². The molecule has 2 aromatic carbocycles. The second-order valence-electron chi connectivity index (χ2n) is 7.89. The molecule has 0 spiro atoms. The third kappa shape index (κ3) is 4.81. The van der Waals surface area contributed by atoms with Crippen LogP contribution >= 0.6 is 0 Å². The van der Waals surface area contributed by atoms with E-state index in [1.807, 2.05) is 48.3 Å². The first kappa shape index (κ1) is 21.6. The summed E-state index contributed by atoms with van der Waals surface area (Å²) in [7, 11) is 1.86. The van der Waals surface area contributed by atoms with E-state index in [9.17, 15) is 14.0 Å². The fourth-order valence-corrected chi connectivity index (χ4v) is 3.74. The number of alkyl halides is 1. The highest BCUT2D eigenvalue weighted by Gasteiger charge is 2.29. The van der Waals surface area contributed by atoms with Gasteiger partial charge in [-0.25, -0.2) is 14.4 Å². The Hall–Kier alpha value is -3.65. The minimum atomic E-state index is -1.12. The summed E-state index contributed by atoms with van der Waals surface area (Å²) in [4.78, 5) is 34.6. The molecule has 2 amide bonds. The molecule has 164 valence electrons. The highest BCUT2D eigenvalue weighted by molar-refractivity contribution is 5.99. The molecule has 4 rings (SSSR count). The number of amides is 2. The van der Waals surface area contributed by atoms with Crippen molar-refractivity contribution in [2.75, 3.05) is 25.5 Å². The Morgan fingerprint density at radius 3 is 2.81 bits per heavy atom. The van der Waals surface area contributed by atoms with Crippen LogP contribution in [0.25, 0.3) is 22.0 Å². The average molecular weight is 433 g/mol. The fourth-order valence-electron chi connectivity index (χ4n) is 3.74. The van der Waals surface area contributed by atoms with E-state index >= 15 is 0 Å². The quantitative estimate of drug-likeness (QED) is 0.604. The minimum Gasteiger partial charge on any atom is -0.344 e. The molecule has 0 unspecified atom stereocenters. The number of rotatable bonds is 5. The van der Waals surface area contributed by atoms with Gasteiger partial charge in [0.1, 0.15) is 6.17 Å². The lowest BCUT2D eigenvalue weighted by Crippen LogP contribution is -2.51. The van der Waals surface area contributed by atoms with Crippen LogP contribution in [0.15, 0.2) is 61.3 Å². The lowest BCUT2D eigenvalue weighted by Gasteiger charge is -2.32. The van der Waals surface area contributed by atoms with E-state index in [0.29, 0.717) is 24.2 Å². The van der Waals surface area contributed by atoms with Gasteiger partial charge in [-0.05, 0) is 54.9 Å². The zero-order valence-electron chi connectivity index (χ0n) is 17.7. The van der Waals surface area contributed by atoms with Crippen molar-refractivity contribution < 1.29 is 14.0 Å². The van der Waals surface area contributed by atoms with Gasteiger partial charge < -0.3 is 15.5 Å². The van der Waals surface area contributed by atoms with E-state index < -0.39 is 18.1 Å². The molecule has 1 aliphatic heterocycles. The highest BCUT2D eigenvalue weighted by atomic mass is 19.1. The van der Waals surface area contributed by atoms with Crippen LogP contribution < -0.4 is 10.6 Å². The van der Waals surface area contributed by atoms with Crippen molar-refractivity contribution in [2.45, 2.75) is 18.6 Å². The van der Waals surface area contributed by atoms with Crippen molar-refractivity contribution in [3.63, 3.8) is 0 Å².